The van der Waals surface area contributed by atoms with Gasteiger partial charge in [0.25, 0.3) is 0 Å². The van der Waals surface area contributed by atoms with Gasteiger partial charge in [0.15, 0.2) is 0 Å². The van der Waals surface area contributed by atoms with Crippen LogP contribution < -0.4 is 11.2 Å². The number of likely N-dealkylation sites (tertiary alicyclic amines) is 1. The van der Waals surface area contributed by atoms with Crippen LogP contribution in [0.15, 0.2) is 0 Å². The minimum atomic E-state index is -0.994. The summed E-state index contributed by atoms with van der Waals surface area (Å²) in [5.74, 6) is 5.70. The largest absolute Gasteiger partial charge is 0.311 e. The highest BCUT2D eigenvalue weighted by Crippen LogP contribution is 2.25. The van der Waals surface area contributed by atoms with Gasteiger partial charge in [-0.15, -0.1) is 0 Å². The quantitative estimate of drug-likeness (QED) is 0.703. The molecular formula is C12H25FN4. The van der Waals surface area contributed by atoms with Crippen molar-refractivity contribution in [3.8, 4) is 0 Å². The maximum Gasteiger partial charge on any atom is 0.125 e. The van der Waals surface area contributed by atoms with Crippen molar-refractivity contribution >= 4 is 0 Å². The van der Waals surface area contributed by atoms with Gasteiger partial charge in [0.2, 0.25) is 0 Å². The highest BCUT2D eigenvalue weighted by Gasteiger charge is 2.34. The summed E-state index contributed by atoms with van der Waals surface area (Å²) >= 11 is 0. The maximum atomic E-state index is 14.5. The third-order valence-electron chi connectivity index (χ3n) is 4.12. The molecule has 4 nitrogen and oxygen atoms in total. The van der Waals surface area contributed by atoms with E-state index in [2.05, 4.69) is 17.3 Å². The number of rotatable bonds is 3. The Bertz CT molecular complexity index is 233. The summed E-state index contributed by atoms with van der Waals surface area (Å²) in [5, 5.41) is 5.24. The van der Waals surface area contributed by atoms with Gasteiger partial charge >= 0.3 is 0 Å². The van der Waals surface area contributed by atoms with Crippen LogP contribution >= 0.6 is 0 Å². The predicted molar refractivity (Wildman–Crippen MR) is 67.4 cm³/mol. The van der Waals surface area contributed by atoms with Gasteiger partial charge in [-0.2, -0.15) is 0 Å². The summed E-state index contributed by atoms with van der Waals surface area (Å²) < 4.78 is 14.5. The Morgan fingerprint density at radius 3 is 2.41 bits per heavy atom. The standard InChI is InChI=1S/C12H25FN4/c1-16-8-4-12(13,5-9-16)10-15-11-2-6-17(14)7-3-11/h11,15H,2-10,14H2,1H3. The van der Waals surface area contributed by atoms with Crippen LogP contribution in [-0.4, -0.2) is 61.4 Å². The number of piperidine rings is 2. The Labute approximate surface area is 103 Å². The molecule has 3 N–H and O–H groups in total. The smallest absolute Gasteiger partial charge is 0.125 e. The molecule has 0 atom stereocenters. The highest BCUT2D eigenvalue weighted by molar-refractivity contribution is 4.89. The van der Waals surface area contributed by atoms with Crippen LogP contribution in [0.1, 0.15) is 25.7 Å². The molecule has 2 aliphatic heterocycles. The SMILES string of the molecule is CN1CCC(F)(CNC2CCN(N)CC2)CC1. The van der Waals surface area contributed by atoms with Gasteiger partial charge in [0, 0.05) is 38.8 Å². The van der Waals surface area contributed by atoms with Crippen molar-refractivity contribution in [3.63, 3.8) is 0 Å². The van der Waals surface area contributed by atoms with Gasteiger partial charge in [-0.05, 0) is 32.7 Å². The van der Waals surface area contributed by atoms with Crippen molar-refractivity contribution in [2.45, 2.75) is 37.4 Å². The van der Waals surface area contributed by atoms with Crippen LogP contribution in [0.25, 0.3) is 0 Å². The van der Waals surface area contributed by atoms with Crippen molar-refractivity contribution in [2.75, 3.05) is 39.8 Å². The van der Waals surface area contributed by atoms with Crippen LogP contribution in [-0.2, 0) is 0 Å². The van der Waals surface area contributed by atoms with Crippen LogP contribution in [0.4, 0.5) is 4.39 Å². The minimum absolute atomic E-state index is 0.446. The molecule has 2 heterocycles. The van der Waals surface area contributed by atoms with Crippen LogP contribution in [0.3, 0.4) is 0 Å². The first-order valence-electron chi connectivity index (χ1n) is 6.68. The van der Waals surface area contributed by atoms with E-state index < -0.39 is 5.67 Å². The lowest BCUT2D eigenvalue weighted by molar-refractivity contribution is 0.0626. The van der Waals surface area contributed by atoms with Crippen molar-refractivity contribution in [2.24, 2.45) is 5.84 Å². The molecular weight excluding hydrogens is 219 g/mol. The second-order valence-corrected chi connectivity index (χ2v) is 5.65. The van der Waals surface area contributed by atoms with Crippen LogP contribution in [0.2, 0.25) is 0 Å². The van der Waals surface area contributed by atoms with E-state index in [0.29, 0.717) is 25.4 Å². The first kappa shape index (κ1) is 13.2. The Kier molecular flexibility index (Phi) is 4.36. The summed E-state index contributed by atoms with van der Waals surface area (Å²) in [6, 6.07) is 0.446. The summed E-state index contributed by atoms with van der Waals surface area (Å²) in [6.07, 6.45) is 3.39. The fourth-order valence-corrected chi connectivity index (χ4v) is 2.63. The first-order valence-corrected chi connectivity index (χ1v) is 6.68. The molecule has 0 aliphatic carbocycles. The van der Waals surface area contributed by atoms with Crippen LogP contribution in [0, 0.1) is 0 Å². The van der Waals surface area contributed by atoms with E-state index in [1.165, 1.54) is 0 Å². The molecule has 2 fully saturated rings. The molecule has 17 heavy (non-hydrogen) atoms. The van der Waals surface area contributed by atoms with E-state index in [-0.39, 0.29) is 0 Å². The first-order chi connectivity index (χ1) is 8.07. The zero-order valence-electron chi connectivity index (χ0n) is 10.8. The maximum absolute atomic E-state index is 14.5. The fourth-order valence-electron chi connectivity index (χ4n) is 2.63. The van der Waals surface area contributed by atoms with Gasteiger partial charge in [-0.3, -0.25) is 5.84 Å². The van der Waals surface area contributed by atoms with Crippen molar-refractivity contribution < 1.29 is 4.39 Å². The zero-order valence-corrected chi connectivity index (χ0v) is 10.8. The van der Waals surface area contributed by atoms with Gasteiger partial charge in [-0.1, -0.05) is 0 Å². The van der Waals surface area contributed by atoms with E-state index >= 15 is 0 Å². The Morgan fingerprint density at radius 2 is 1.82 bits per heavy atom. The molecule has 0 saturated carbocycles. The molecule has 0 spiro atoms. The third kappa shape index (κ3) is 3.88. The summed E-state index contributed by atoms with van der Waals surface area (Å²) in [5.41, 5.74) is -0.994. The number of nitrogens with one attached hydrogen (secondary N) is 1. The summed E-state index contributed by atoms with van der Waals surface area (Å²) in [7, 11) is 2.06. The van der Waals surface area contributed by atoms with Gasteiger partial charge in [0.1, 0.15) is 5.67 Å². The third-order valence-corrected chi connectivity index (χ3v) is 4.12. The van der Waals surface area contributed by atoms with E-state index in [1.54, 1.807) is 0 Å². The van der Waals surface area contributed by atoms with Crippen molar-refractivity contribution in [3.05, 3.63) is 0 Å². The number of alkyl halides is 1. The second-order valence-electron chi connectivity index (χ2n) is 5.65. The minimum Gasteiger partial charge on any atom is -0.311 e. The number of hydrazine groups is 1. The number of nitrogens with two attached hydrogens (primary N) is 1. The van der Waals surface area contributed by atoms with Crippen molar-refractivity contribution in [1.29, 1.82) is 0 Å². The molecule has 0 bridgehead atoms. The average molecular weight is 244 g/mol. The normalized spacial score (nSPS) is 28.4. The fraction of sp³-hybridized carbons (Fsp3) is 1.00. The molecule has 2 aliphatic rings. The molecule has 0 aromatic heterocycles. The van der Waals surface area contributed by atoms with Gasteiger partial charge in [-0.25, -0.2) is 9.40 Å². The number of nitrogens with zero attached hydrogens (tertiary/aromatic N) is 2. The monoisotopic (exact) mass is 244 g/mol. The van der Waals surface area contributed by atoms with E-state index in [1.807, 2.05) is 5.01 Å². The molecule has 0 unspecified atom stereocenters. The molecule has 0 amide bonds. The summed E-state index contributed by atoms with van der Waals surface area (Å²) in [6.45, 7) is 4.09. The number of hydrogen-bond donors (Lipinski definition) is 2. The Morgan fingerprint density at radius 1 is 1.24 bits per heavy atom. The second kappa shape index (κ2) is 5.61. The Balaban J connectivity index is 1.70. The van der Waals surface area contributed by atoms with Gasteiger partial charge in [0.05, 0.1) is 0 Å². The predicted octanol–water partition coefficient (Wildman–Crippen LogP) is 0.348. The van der Waals surface area contributed by atoms with E-state index in [4.69, 9.17) is 5.84 Å². The lowest BCUT2D eigenvalue weighted by Crippen LogP contribution is -2.51. The molecule has 0 aromatic carbocycles. The summed E-state index contributed by atoms with van der Waals surface area (Å²) in [4.78, 5) is 2.20. The Hall–Kier alpha value is -0.230. The van der Waals surface area contributed by atoms with E-state index in [9.17, 15) is 4.39 Å². The molecule has 2 saturated heterocycles. The number of hydrogen-bond acceptors (Lipinski definition) is 4. The highest BCUT2D eigenvalue weighted by atomic mass is 19.1. The molecule has 0 radical (unpaired) electrons. The van der Waals surface area contributed by atoms with Gasteiger partial charge < -0.3 is 10.2 Å². The molecule has 5 heteroatoms. The number of halogens is 1. The van der Waals surface area contributed by atoms with E-state index in [0.717, 1.165) is 39.0 Å². The lowest BCUT2D eigenvalue weighted by atomic mass is 9.92. The average Bonchev–Trinajstić information content (AvgIpc) is 2.33. The van der Waals surface area contributed by atoms with Crippen LogP contribution in [0.5, 0.6) is 0 Å². The van der Waals surface area contributed by atoms with Crippen molar-refractivity contribution in [1.82, 2.24) is 15.2 Å². The topological polar surface area (TPSA) is 44.5 Å². The molecule has 2 rings (SSSR count). The lowest BCUT2D eigenvalue weighted by Gasteiger charge is -2.37. The molecule has 100 valence electrons. The zero-order chi connectivity index (χ0) is 12.3. The molecule has 0 aromatic rings.